The average molecular weight is 893 g/mol. The van der Waals surface area contributed by atoms with Gasteiger partial charge in [-0.1, -0.05) is 6.42 Å². The Hall–Kier alpha value is -6.16. The van der Waals surface area contributed by atoms with Gasteiger partial charge in [-0.15, -0.1) is 0 Å². The molecule has 0 unspecified atom stereocenters. The highest BCUT2D eigenvalue weighted by molar-refractivity contribution is 5.92. The number of benzene rings is 4. The lowest BCUT2D eigenvalue weighted by molar-refractivity contribution is -0.203. The van der Waals surface area contributed by atoms with Gasteiger partial charge in [0.15, 0.2) is 100 Å². The van der Waals surface area contributed by atoms with Crippen LogP contribution in [-0.4, -0.2) is 66.3 Å². The highest BCUT2D eigenvalue weighted by atomic mass is 19.2. The summed E-state index contributed by atoms with van der Waals surface area (Å²) in [7, 11) is 0. The molecule has 6 atom stereocenters. The van der Waals surface area contributed by atoms with Crippen LogP contribution in [0.1, 0.15) is 73.5 Å². The minimum atomic E-state index is -2.60. The van der Waals surface area contributed by atoms with Crippen LogP contribution in [0.3, 0.4) is 0 Å². The smallest absolute Gasteiger partial charge is 0.338 e. The number of esters is 4. The quantitative estimate of drug-likeness (QED) is 0.0744. The van der Waals surface area contributed by atoms with Crippen molar-refractivity contribution in [3.63, 3.8) is 0 Å². The second-order valence-corrected chi connectivity index (χ2v) is 14.1. The minimum Gasteiger partial charge on any atom is -0.452 e. The maximum absolute atomic E-state index is 14.4. The predicted octanol–water partition coefficient (Wildman–Crippen LogP) is 8.02. The van der Waals surface area contributed by atoms with E-state index in [9.17, 15) is 71.9 Å². The number of rotatable bonds is 8. The van der Waals surface area contributed by atoms with Crippen LogP contribution in [0.15, 0.2) is 48.5 Å². The maximum atomic E-state index is 14.4. The molecular formula is C40H24F12O10. The first-order chi connectivity index (χ1) is 29.3. The van der Waals surface area contributed by atoms with E-state index < -0.39 is 158 Å². The summed E-state index contributed by atoms with van der Waals surface area (Å²) in [6.07, 6.45) is -12.4. The van der Waals surface area contributed by atoms with Crippen LogP contribution in [-0.2, 0) is 28.4 Å². The van der Waals surface area contributed by atoms with E-state index in [1.807, 2.05) is 0 Å². The van der Waals surface area contributed by atoms with Gasteiger partial charge in [0.25, 0.3) is 0 Å². The van der Waals surface area contributed by atoms with Crippen molar-refractivity contribution in [2.45, 2.75) is 74.5 Å². The van der Waals surface area contributed by atoms with Gasteiger partial charge in [0.1, 0.15) is 12.2 Å². The number of fused-ring (bicyclic) bond motifs is 1. The van der Waals surface area contributed by atoms with Crippen molar-refractivity contribution in [3.05, 3.63) is 141 Å². The van der Waals surface area contributed by atoms with E-state index in [2.05, 4.69) is 0 Å². The second-order valence-electron chi connectivity index (χ2n) is 14.1. The molecule has 0 radical (unpaired) electrons. The average Bonchev–Trinajstić information content (AvgIpc) is 3.59. The fourth-order valence-corrected chi connectivity index (χ4v) is 7.24. The Kier molecular flexibility index (Phi) is 12.0. The number of carbonyl (C=O) groups is 4. The Morgan fingerprint density at radius 1 is 0.387 bits per heavy atom. The third kappa shape index (κ3) is 8.39. The van der Waals surface area contributed by atoms with Crippen LogP contribution >= 0.6 is 0 Å². The zero-order valence-corrected chi connectivity index (χ0v) is 30.7. The van der Waals surface area contributed by atoms with Crippen molar-refractivity contribution in [2.75, 3.05) is 0 Å². The topological polar surface area (TPSA) is 124 Å². The molecule has 3 aliphatic rings. The van der Waals surface area contributed by atoms with E-state index in [1.165, 1.54) is 0 Å². The van der Waals surface area contributed by atoms with E-state index in [4.69, 9.17) is 28.4 Å². The molecule has 22 heteroatoms. The summed E-state index contributed by atoms with van der Waals surface area (Å²) >= 11 is 0. The first-order valence-electron chi connectivity index (χ1n) is 18.0. The van der Waals surface area contributed by atoms with Gasteiger partial charge in [-0.2, -0.15) is 0 Å². The molecule has 3 fully saturated rings. The Balaban J connectivity index is 1.40. The molecule has 7 rings (SSSR count). The predicted molar refractivity (Wildman–Crippen MR) is 178 cm³/mol. The summed E-state index contributed by atoms with van der Waals surface area (Å²) in [5.41, 5.74) is -4.39. The lowest BCUT2D eigenvalue weighted by atomic mass is 9.84. The molecule has 1 aliphatic heterocycles. The van der Waals surface area contributed by atoms with Gasteiger partial charge in [0.05, 0.1) is 22.3 Å². The van der Waals surface area contributed by atoms with E-state index >= 15 is 0 Å². The van der Waals surface area contributed by atoms with Crippen LogP contribution in [0.4, 0.5) is 52.7 Å². The Morgan fingerprint density at radius 3 is 0.855 bits per heavy atom. The summed E-state index contributed by atoms with van der Waals surface area (Å²) < 4.78 is 205. The molecule has 4 aromatic rings. The van der Waals surface area contributed by atoms with Gasteiger partial charge < -0.3 is 28.4 Å². The first-order valence-corrected chi connectivity index (χ1v) is 18.0. The van der Waals surface area contributed by atoms with Crippen LogP contribution in [0.5, 0.6) is 0 Å². The van der Waals surface area contributed by atoms with Gasteiger partial charge in [-0.25, -0.2) is 71.9 Å². The number of carbonyl (C=O) groups excluding carboxylic acids is 4. The molecule has 2 aliphatic carbocycles. The van der Waals surface area contributed by atoms with Crippen molar-refractivity contribution in [1.82, 2.24) is 0 Å². The second kappa shape index (κ2) is 17.0. The van der Waals surface area contributed by atoms with Gasteiger partial charge in [-0.3, -0.25) is 0 Å². The highest BCUT2D eigenvalue weighted by Gasteiger charge is 2.65. The molecule has 62 heavy (non-hydrogen) atoms. The van der Waals surface area contributed by atoms with E-state index in [1.54, 1.807) is 0 Å². The van der Waals surface area contributed by atoms with Gasteiger partial charge in [0, 0.05) is 12.8 Å². The summed E-state index contributed by atoms with van der Waals surface area (Å²) in [4.78, 5) is 54.7. The molecule has 0 amide bonds. The normalized spacial score (nSPS) is 22.8. The number of hydrogen-bond donors (Lipinski definition) is 0. The van der Waals surface area contributed by atoms with E-state index in [-0.39, 0.29) is 61.4 Å². The monoisotopic (exact) mass is 892 g/mol. The lowest BCUT2D eigenvalue weighted by Gasteiger charge is -2.44. The Bertz CT molecular complexity index is 2240. The minimum absolute atomic E-state index is 0.0152. The lowest BCUT2D eigenvalue weighted by Crippen LogP contribution is -2.66. The van der Waals surface area contributed by atoms with Crippen LogP contribution in [0.25, 0.3) is 0 Å². The van der Waals surface area contributed by atoms with E-state index in [0.29, 0.717) is 19.3 Å². The summed E-state index contributed by atoms with van der Waals surface area (Å²) in [6, 6.07) is 1.13. The fourth-order valence-electron chi connectivity index (χ4n) is 7.24. The van der Waals surface area contributed by atoms with Crippen LogP contribution < -0.4 is 0 Å². The van der Waals surface area contributed by atoms with Crippen LogP contribution in [0, 0.1) is 69.8 Å². The zero-order chi connectivity index (χ0) is 44.9. The molecule has 2 saturated carbocycles. The van der Waals surface area contributed by atoms with E-state index in [0.717, 1.165) is 0 Å². The SMILES string of the molecule is O=C(O[C@@H]1[C@H](OC(=O)c2cc(F)c(F)c(F)c2)[C@@H](OC(=O)c2cc(F)c(F)c(F)c2)[C@@H]2OC3(CCCCC3)O[C@@H]2[C@H]1OC(=O)c1cc(F)c(F)c(F)c1)c1cc(F)c(F)c(F)c1. The van der Waals surface area contributed by atoms with Crippen molar-refractivity contribution >= 4 is 23.9 Å². The highest BCUT2D eigenvalue weighted by Crippen LogP contribution is 2.48. The molecule has 0 N–H and O–H groups in total. The van der Waals surface area contributed by atoms with Crippen molar-refractivity contribution in [1.29, 1.82) is 0 Å². The molecule has 0 bridgehead atoms. The molecule has 10 nitrogen and oxygen atoms in total. The molecule has 0 aromatic heterocycles. The third-order valence-electron chi connectivity index (χ3n) is 10.1. The summed E-state index contributed by atoms with van der Waals surface area (Å²) in [6.45, 7) is 0. The summed E-state index contributed by atoms with van der Waals surface area (Å²) in [5.74, 6) is -32.6. The number of ether oxygens (including phenoxy) is 6. The zero-order valence-electron chi connectivity index (χ0n) is 30.7. The van der Waals surface area contributed by atoms with Crippen molar-refractivity contribution in [2.24, 2.45) is 0 Å². The van der Waals surface area contributed by atoms with Gasteiger partial charge >= 0.3 is 23.9 Å². The maximum Gasteiger partial charge on any atom is 0.338 e. The molecule has 4 aromatic carbocycles. The number of halogens is 12. The molecular weight excluding hydrogens is 868 g/mol. The standard InChI is InChI=1S/C40H24F12O10/c41-18-6-14(7-19(42)26(18)49)36(53)57-30-31(58-37(54)15-8-20(43)27(50)21(44)9-15)33(60-39(56)17-12-24(47)29(52)25(48)13-17)35-34(61-40(62-35)4-2-1-3-5-40)32(30)59-38(55)16-10-22(45)28(51)23(46)11-16/h6-13,30-35H,1-5H2/t30-,31+,32+,33-,34-,35+. The van der Waals surface area contributed by atoms with Crippen molar-refractivity contribution < 1.29 is 100 Å². The third-order valence-corrected chi connectivity index (χ3v) is 10.1. The Labute approximate surface area is 339 Å². The van der Waals surface area contributed by atoms with Crippen LogP contribution in [0.2, 0.25) is 0 Å². The largest absolute Gasteiger partial charge is 0.452 e. The molecule has 1 heterocycles. The molecule has 1 spiro atoms. The van der Waals surface area contributed by atoms with Crippen molar-refractivity contribution in [3.8, 4) is 0 Å². The first kappa shape index (κ1) is 43.9. The molecule has 1 saturated heterocycles. The van der Waals surface area contributed by atoms with Gasteiger partial charge in [0.2, 0.25) is 0 Å². The van der Waals surface area contributed by atoms with Gasteiger partial charge in [-0.05, 0) is 61.4 Å². The molecule has 328 valence electrons. The summed E-state index contributed by atoms with van der Waals surface area (Å²) in [5, 5.41) is 0. The Morgan fingerprint density at radius 2 is 0.613 bits per heavy atom. The fraction of sp³-hybridized carbons (Fsp3) is 0.300. The number of hydrogen-bond acceptors (Lipinski definition) is 10.